The molecule has 1 heterocycles. The third-order valence-corrected chi connectivity index (χ3v) is 2.87. The molecule has 1 aromatic rings. The van der Waals surface area contributed by atoms with Crippen molar-refractivity contribution >= 4 is 23.0 Å². The maximum atomic E-state index is 5.26. The van der Waals surface area contributed by atoms with Crippen molar-refractivity contribution in [3.63, 3.8) is 0 Å². The van der Waals surface area contributed by atoms with Crippen LogP contribution in [0.1, 0.15) is 5.56 Å². The van der Waals surface area contributed by atoms with Gasteiger partial charge < -0.3 is 15.5 Å². The van der Waals surface area contributed by atoms with Gasteiger partial charge in [0.1, 0.15) is 0 Å². The van der Waals surface area contributed by atoms with Crippen molar-refractivity contribution < 1.29 is 0 Å². The van der Waals surface area contributed by atoms with Gasteiger partial charge in [-0.3, -0.25) is 0 Å². The molecule has 2 N–H and O–H groups in total. The summed E-state index contributed by atoms with van der Waals surface area (Å²) in [7, 11) is 1.96. The van der Waals surface area contributed by atoms with Crippen molar-refractivity contribution in [1.29, 1.82) is 0 Å². The number of benzene rings is 1. The SMILES string of the molecule is CNCc1ccccc1N1CCNC1=S. The molecule has 1 saturated heterocycles. The van der Waals surface area contributed by atoms with Crippen LogP contribution in [0.15, 0.2) is 24.3 Å². The highest BCUT2D eigenvalue weighted by Crippen LogP contribution is 2.21. The van der Waals surface area contributed by atoms with Gasteiger partial charge in [-0.15, -0.1) is 0 Å². The summed E-state index contributed by atoms with van der Waals surface area (Å²) in [6.45, 7) is 2.77. The van der Waals surface area contributed by atoms with Crippen molar-refractivity contribution in [3.05, 3.63) is 29.8 Å². The Labute approximate surface area is 95.5 Å². The lowest BCUT2D eigenvalue weighted by molar-refractivity contribution is 0.815. The van der Waals surface area contributed by atoms with E-state index in [0.717, 1.165) is 24.7 Å². The van der Waals surface area contributed by atoms with Gasteiger partial charge in [0.05, 0.1) is 0 Å². The highest BCUT2D eigenvalue weighted by Gasteiger charge is 2.19. The number of nitrogens with zero attached hydrogens (tertiary/aromatic N) is 1. The predicted octanol–water partition coefficient (Wildman–Crippen LogP) is 1.10. The van der Waals surface area contributed by atoms with Crippen LogP contribution in [0.5, 0.6) is 0 Å². The van der Waals surface area contributed by atoms with Crippen molar-refractivity contribution in [2.24, 2.45) is 0 Å². The Hall–Kier alpha value is -1.13. The van der Waals surface area contributed by atoms with Gasteiger partial charge in [0, 0.05) is 25.3 Å². The predicted molar refractivity (Wildman–Crippen MR) is 67.2 cm³/mol. The lowest BCUT2D eigenvalue weighted by Gasteiger charge is -2.20. The van der Waals surface area contributed by atoms with Crippen molar-refractivity contribution in [2.45, 2.75) is 6.54 Å². The zero-order valence-corrected chi connectivity index (χ0v) is 9.60. The summed E-state index contributed by atoms with van der Waals surface area (Å²) < 4.78 is 0. The minimum absolute atomic E-state index is 0.832. The van der Waals surface area contributed by atoms with Gasteiger partial charge >= 0.3 is 0 Å². The largest absolute Gasteiger partial charge is 0.360 e. The van der Waals surface area contributed by atoms with Crippen LogP contribution in [0.3, 0.4) is 0 Å². The lowest BCUT2D eigenvalue weighted by Crippen LogP contribution is -2.28. The second-order valence-electron chi connectivity index (χ2n) is 3.54. The molecule has 0 aliphatic carbocycles. The molecule has 0 bridgehead atoms. The third-order valence-electron chi connectivity index (χ3n) is 2.51. The van der Waals surface area contributed by atoms with Crippen LogP contribution in [0, 0.1) is 0 Å². The van der Waals surface area contributed by atoms with Gasteiger partial charge in [0.25, 0.3) is 0 Å². The van der Waals surface area contributed by atoms with E-state index in [0.29, 0.717) is 0 Å². The Morgan fingerprint density at radius 3 is 2.93 bits per heavy atom. The van der Waals surface area contributed by atoms with Crippen molar-refractivity contribution in [1.82, 2.24) is 10.6 Å². The lowest BCUT2D eigenvalue weighted by atomic mass is 10.1. The molecule has 1 aliphatic rings. The number of hydrogen-bond acceptors (Lipinski definition) is 2. The Bertz CT molecular complexity index is 365. The van der Waals surface area contributed by atoms with Crippen LogP contribution in [-0.4, -0.2) is 25.2 Å². The molecule has 1 fully saturated rings. The van der Waals surface area contributed by atoms with Gasteiger partial charge in [-0.05, 0) is 30.9 Å². The first-order valence-corrected chi connectivity index (χ1v) is 5.51. The number of anilines is 1. The highest BCUT2D eigenvalue weighted by atomic mass is 32.1. The molecule has 2 rings (SSSR count). The average molecular weight is 221 g/mol. The van der Waals surface area contributed by atoms with Gasteiger partial charge in [-0.1, -0.05) is 18.2 Å². The fraction of sp³-hybridized carbons (Fsp3) is 0.364. The fourth-order valence-electron chi connectivity index (χ4n) is 1.82. The molecule has 0 radical (unpaired) electrons. The number of hydrogen-bond donors (Lipinski definition) is 2. The van der Waals surface area contributed by atoms with Gasteiger partial charge in [0.15, 0.2) is 5.11 Å². The molecule has 15 heavy (non-hydrogen) atoms. The molecule has 0 amide bonds. The summed E-state index contributed by atoms with van der Waals surface area (Å²) >= 11 is 5.26. The van der Waals surface area contributed by atoms with Crippen molar-refractivity contribution in [3.8, 4) is 0 Å². The maximum absolute atomic E-state index is 5.26. The molecule has 0 saturated carbocycles. The van der Waals surface area contributed by atoms with Gasteiger partial charge in [0.2, 0.25) is 0 Å². The summed E-state index contributed by atoms with van der Waals surface area (Å²) in [6.07, 6.45) is 0. The standard InChI is InChI=1S/C11H15N3S/c1-12-8-9-4-2-3-5-10(9)14-7-6-13-11(14)15/h2-5,12H,6-8H2,1H3,(H,13,15). The third kappa shape index (κ3) is 2.11. The summed E-state index contributed by atoms with van der Waals surface area (Å²) in [5.74, 6) is 0. The molecular weight excluding hydrogens is 206 g/mol. The summed E-state index contributed by atoms with van der Waals surface area (Å²) in [6, 6.07) is 8.36. The molecule has 4 heteroatoms. The normalized spacial score (nSPS) is 15.5. The molecule has 0 spiro atoms. The Morgan fingerprint density at radius 1 is 1.47 bits per heavy atom. The number of para-hydroxylation sites is 1. The van der Waals surface area contributed by atoms with E-state index in [1.54, 1.807) is 0 Å². The molecule has 0 aromatic heterocycles. The Kier molecular flexibility index (Phi) is 3.18. The highest BCUT2D eigenvalue weighted by molar-refractivity contribution is 7.80. The second kappa shape index (κ2) is 4.59. The smallest absolute Gasteiger partial charge is 0.173 e. The summed E-state index contributed by atoms with van der Waals surface area (Å²) in [5.41, 5.74) is 2.49. The van der Waals surface area contributed by atoms with E-state index in [1.165, 1.54) is 11.3 Å². The van der Waals surface area contributed by atoms with Crippen LogP contribution in [-0.2, 0) is 6.54 Å². The van der Waals surface area contributed by atoms with Crippen LogP contribution >= 0.6 is 12.2 Å². The Balaban J connectivity index is 2.29. The molecule has 1 aromatic carbocycles. The zero-order valence-electron chi connectivity index (χ0n) is 8.79. The first-order chi connectivity index (χ1) is 7.33. The minimum atomic E-state index is 0.832. The van der Waals surface area contributed by atoms with E-state index in [1.807, 2.05) is 7.05 Å². The van der Waals surface area contributed by atoms with Gasteiger partial charge in [-0.2, -0.15) is 0 Å². The van der Waals surface area contributed by atoms with Crippen molar-refractivity contribution in [2.75, 3.05) is 25.0 Å². The van der Waals surface area contributed by atoms with Crippen LogP contribution in [0.4, 0.5) is 5.69 Å². The number of nitrogens with one attached hydrogen (secondary N) is 2. The quantitative estimate of drug-likeness (QED) is 0.748. The molecule has 0 atom stereocenters. The first-order valence-electron chi connectivity index (χ1n) is 5.11. The van der Waals surface area contributed by atoms with E-state index in [-0.39, 0.29) is 0 Å². The monoisotopic (exact) mass is 221 g/mol. The topological polar surface area (TPSA) is 27.3 Å². The molecule has 0 unspecified atom stereocenters. The van der Waals surface area contributed by atoms with E-state index in [2.05, 4.69) is 39.8 Å². The van der Waals surface area contributed by atoms with E-state index in [4.69, 9.17) is 12.2 Å². The van der Waals surface area contributed by atoms with E-state index < -0.39 is 0 Å². The molecule has 3 nitrogen and oxygen atoms in total. The molecule has 1 aliphatic heterocycles. The Morgan fingerprint density at radius 2 is 2.27 bits per heavy atom. The van der Waals surface area contributed by atoms with Crippen LogP contribution in [0.2, 0.25) is 0 Å². The summed E-state index contributed by atoms with van der Waals surface area (Å²) in [4.78, 5) is 2.15. The molecular formula is C11H15N3S. The minimum Gasteiger partial charge on any atom is -0.360 e. The first kappa shape index (κ1) is 10.4. The van der Waals surface area contributed by atoms with E-state index in [9.17, 15) is 0 Å². The van der Waals surface area contributed by atoms with Crippen LogP contribution in [0.25, 0.3) is 0 Å². The number of rotatable bonds is 3. The fourth-order valence-corrected chi connectivity index (χ4v) is 2.11. The maximum Gasteiger partial charge on any atom is 0.173 e. The average Bonchev–Trinajstić information content (AvgIpc) is 2.66. The van der Waals surface area contributed by atoms with Gasteiger partial charge in [-0.25, -0.2) is 0 Å². The number of thiocarbonyl (C=S) groups is 1. The van der Waals surface area contributed by atoms with Crippen LogP contribution < -0.4 is 15.5 Å². The summed E-state index contributed by atoms with van der Waals surface area (Å²) in [5, 5.41) is 7.18. The second-order valence-corrected chi connectivity index (χ2v) is 3.93. The zero-order chi connectivity index (χ0) is 10.7. The van der Waals surface area contributed by atoms with E-state index >= 15 is 0 Å². The molecule has 80 valence electrons.